The van der Waals surface area contributed by atoms with Crippen molar-refractivity contribution in [3.8, 4) is 11.5 Å². The van der Waals surface area contributed by atoms with E-state index in [9.17, 15) is 13.2 Å². The van der Waals surface area contributed by atoms with Crippen molar-refractivity contribution >= 4 is 37.5 Å². The topological polar surface area (TPSA) is 84.9 Å². The van der Waals surface area contributed by atoms with Crippen LogP contribution in [0, 0.1) is 0 Å². The molecule has 0 heterocycles. The zero-order valence-electron chi connectivity index (χ0n) is 16.1. The molecule has 1 amide bonds. The second kappa shape index (κ2) is 9.29. The van der Waals surface area contributed by atoms with Crippen molar-refractivity contribution in [2.24, 2.45) is 0 Å². The second-order valence-electron chi connectivity index (χ2n) is 6.15. The Bertz CT molecular complexity index is 932. The zero-order chi connectivity index (χ0) is 20.9. The summed E-state index contributed by atoms with van der Waals surface area (Å²) >= 11 is 3.31. The number of anilines is 1. The molecular formula is C19H23BrN2O5S. The van der Waals surface area contributed by atoms with Crippen molar-refractivity contribution in [3.63, 3.8) is 0 Å². The predicted molar refractivity (Wildman–Crippen MR) is 112 cm³/mol. The van der Waals surface area contributed by atoms with Crippen LogP contribution in [0.4, 0.5) is 5.69 Å². The summed E-state index contributed by atoms with van der Waals surface area (Å²) in [5.74, 6) is 0.715. The number of carbonyl (C=O) groups is 1. The van der Waals surface area contributed by atoms with Crippen molar-refractivity contribution < 1.29 is 22.7 Å². The van der Waals surface area contributed by atoms with Crippen molar-refractivity contribution in [2.75, 3.05) is 31.3 Å². The van der Waals surface area contributed by atoms with E-state index in [2.05, 4.69) is 21.2 Å². The molecule has 0 saturated heterocycles. The normalized spacial score (nSPS) is 12.2. The molecule has 0 fully saturated rings. The molecule has 0 bridgehead atoms. The van der Waals surface area contributed by atoms with Gasteiger partial charge in [0, 0.05) is 4.47 Å². The molecule has 0 aromatic heterocycles. The number of benzene rings is 2. The second-order valence-corrected chi connectivity index (χ2v) is 8.97. The molecule has 0 spiro atoms. The highest BCUT2D eigenvalue weighted by atomic mass is 79.9. The Morgan fingerprint density at radius 1 is 1.11 bits per heavy atom. The lowest BCUT2D eigenvalue weighted by Crippen LogP contribution is -2.41. The number of methoxy groups -OCH3 is 2. The fourth-order valence-corrected chi connectivity index (χ4v) is 3.75. The fraction of sp³-hybridized carbons (Fsp3) is 0.316. The Hall–Kier alpha value is -2.26. The molecule has 0 saturated carbocycles. The van der Waals surface area contributed by atoms with Gasteiger partial charge >= 0.3 is 0 Å². The van der Waals surface area contributed by atoms with Gasteiger partial charge < -0.3 is 14.8 Å². The summed E-state index contributed by atoms with van der Waals surface area (Å²) in [6, 6.07) is 11.7. The lowest BCUT2D eigenvalue weighted by atomic mass is 10.1. The zero-order valence-corrected chi connectivity index (χ0v) is 18.5. The van der Waals surface area contributed by atoms with Crippen LogP contribution in [-0.2, 0) is 14.8 Å². The molecule has 0 unspecified atom stereocenters. The van der Waals surface area contributed by atoms with Crippen LogP contribution >= 0.6 is 15.9 Å². The van der Waals surface area contributed by atoms with Crippen LogP contribution in [0.3, 0.4) is 0 Å². The minimum Gasteiger partial charge on any atom is -0.493 e. The summed E-state index contributed by atoms with van der Waals surface area (Å²) < 4.78 is 36.7. The quantitative estimate of drug-likeness (QED) is 0.640. The Morgan fingerprint density at radius 2 is 1.71 bits per heavy atom. The van der Waals surface area contributed by atoms with Gasteiger partial charge in [0.05, 0.1) is 32.2 Å². The molecule has 0 aliphatic rings. The predicted octanol–water partition coefficient (Wildman–Crippen LogP) is 3.11. The molecule has 0 aliphatic carbocycles. The van der Waals surface area contributed by atoms with Crippen LogP contribution in [-0.4, -0.2) is 41.3 Å². The van der Waals surface area contributed by atoms with Crippen molar-refractivity contribution in [1.82, 2.24) is 5.32 Å². The van der Waals surface area contributed by atoms with Crippen LogP contribution in [0.2, 0.25) is 0 Å². The van der Waals surface area contributed by atoms with E-state index in [1.54, 1.807) is 43.5 Å². The van der Waals surface area contributed by atoms with Crippen molar-refractivity contribution in [1.29, 1.82) is 0 Å². The maximum atomic E-state index is 12.5. The number of hydrogen-bond acceptors (Lipinski definition) is 5. The van der Waals surface area contributed by atoms with E-state index in [1.165, 1.54) is 7.11 Å². The van der Waals surface area contributed by atoms with E-state index in [0.29, 0.717) is 17.2 Å². The first-order valence-electron chi connectivity index (χ1n) is 8.40. The lowest BCUT2D eigenvalue weighted by molar-refractivity contribution is -0.120. The van der Waals surface area contributed by atoms with Gasteiger partial charge in [0.1, 0.15) is 6.54 Å². The number of halogens is 1. The minimum atomic E-state index is -3.63. The van der Waals surface area contributed by atoms with Crippen LogP contribution in [0.5, 0.6) is 11.5 Å². The maximum Gasteiger partial charge on any atom is 0.241 e. The molecule has 7 nitrogen and oxygen atoms in total. The maximum absolute atomic E-state index is 12.5. The summed E-state index contributed by atoms with van der Waals surface area (Å²) in [6.45, 7) is 1.49. The highest BCUT2D eigenvalue weighted by molar-refractivity contribution is 9.10. The van der Waals surface area contributed by atoms with Gasteiger partial charge in [-0.2, -0.15) is 0 Å². The first kappa shape index (κ1) is 22.0. The number of nitrogens with zero attached hydrogens (tertiary/aromatic N) is 1. The SMILES string of the molecule is COc1ccc([C@@H](C)NC(=O)CN(c2ccc(Br)cc2)S(C)(=O)=O)cc1OC. The molecular weight excluding hydrogens is 448 g/mol. The van der Waals surface area contributed by atoms with Crippen molar-refractivity contribution in [3.05, 3.63) is 52.5 Å². The van der Waals surface area contributed by atoms with E-state index in [0.717, 1.165) is 20.6 Å². The number of rotatable bonds is 8. The van der Waals surface area contributed by atoms with E-state index in [-0.39, 0.29) is 12.6 Å². The number of ether oxygens (including phenoxy) is 2. The summed E-state index contributed by atoms with van der Waals surface area (Å²) in [4.78, 5) is 12.5. The average molecular weight is 471 g/mol. The van der Waals surface area contributed by atoms with Crippen LogP contribution < -0.4 is 19.1 Å². The van der Waals surface area contributed by atoms with E-state index >= 15 is 0 Å². The third-order valence-corrected chi connectivity index (χ3v) is 5.76. The Morgan fingerprint density at radius 3 is 2.25 bits per heavy atom. The van der Waals surface area contributed by atoms with Crippen LogP contribution in [0.25, 0.3) is 0 Å². The molecule has 1 N–H and O–H groups in total. The fourth-order valence-electron chi connectivity index (χ4n) is 2.63. The Labute approximate surface area is 173 Å². The van der Waals surface area contributed by atoms with Gasteiger partial charge in [0.25, 0.3) is 0 Å². The number of nitrogens with one attached hydrogen (secondary N) is 1. The number of amides is 1. The third kappa shape index (κ3) is 5.62. The molecule has 0 aliphatic heterocycles. The third-order valence-electron chi connectivity index (χ3n) is 4.09. The van der Waals surface area contributed by atoms with Gasteiger partial charge in [0.2, 0.25) is 15.9 Å². The first-order valence-corrected chi connectivity index (χ1v) is 11.0. The Kier molecular flexibility index (Phi) is 7.31. The van der Waals surface area contributed by atoms with Gasteiger partial charge in [-0.1, -0.05) is 22.0 Å². The summed E-state index contributed by atoms with van der Waals surface area (Å²) in [5, 5.41) is 2.82. The smallest absolute Gasteiger partial charge is 0.241 e. The summed E-state index contributed by atoms with van der Waals surface area (Å²) in [6.07, 6.45) is 1.07. The number of hydrogen-bond donors (Lipinski definition) is 1. The monoisotopic (exact) mass is 470 g/mol. The molecule has 28 heavy (non-hydrogen) atoms. The lowest BCUT2D eigenvalue weighted by Gasteiger charge is -2.23. The summed E-state index contributed by atoms with van der Waals surface area (Å²) in [7, 11) is -0.544. The largest absolute Gasteiger partial charge is 0.493 e. The van der Waals surface area contributed by atoms with Crippen molar-refractivity contribution in [2.45, 2.75) is 13.0 Å². The van der Waals surface area contributed by atoms with Gasteiger partial charge in [-0.25, -0.2) is 8.42 Å². The molecule has 152 valence electrons. The van der Waals surface area contributed by atoms with Gasteiger partial charge in [-0.05, 0) is 48.9 Å². The molecule has 2 rings (SSSR count). The van der Waals surface area contributed by atoms with E-state index in [4.69, 9.17) is 9.47 Å². The Balaban J connectivity index is 2.15. The molecule has 2 aromatic carbocycles. The highest BCUT2D eigenvalue weighted by Crippen LogP contribution is 2.30. The molecule has 1 atom stereocenters. The first-order chi connectivity index (χ1) is 13.2. The van der Waals surface area contributed by atoms with Crippen LogP contribution in [0.1, 0.15) is 18.5 Å². The summed E-state index contributed by atoms with van der Waals surface area (Å²) in [5.41, 5.74) is 1.22. The number of sulfonamides is 1. The molecule has 9 heteroatoms. The van der Waals surface area contributed by atoms with Gasteiger partial charge in [-0.3, -0.25) is 9.10 Å². The number of carbonyl (C=O) groups excluding carboxylic acids is 1. The molecule has 2 aromatic rings. The highest BCUT2D eigenvalue weighted by Gasteiger charge is 2.22. The minimum absolute atomic E-state index is 0.321. The average Bonchev–Trinajstić information content (AvgIpc) is 2.65. The molecule has 0 radical (unpaired) electrons. The van der Waals surface area contributed by atoms with E-state index in [1.807, 2.05) is 13.0 Å². The van der Waals surface area contributed by atoms with Crippen LogP contribution in [0.15, 0.2) is 46.9 Å². The van der Waals surface area contributed by atoms with Gasteiger partial charge in [0.15, 0.2) is 11.5 Å². The standard InChI is InChI=1S/C19H23BrN2O5S/c1-13(14-5-10-17(26-2)18(11-14)27-3)21-19(23)12-22(28(4,24)25)16-8-6-15(20)7-9-16/h5-11,13H,12H2,1-4H3,(H,21,23)/t13-/m1/s1. The van der Waals surface area contributed by atoms with E-state index < -0.39 is 15.9 Å². The van der Waals surface area contributed by atoms with Gasteiger partial charge in [-0.15, -0.1) is 0 Å².